The second kappa shape index (κ2) is 9.56. The minimum Gasteiger partial charge on any atom is -0.384 e. The van der Waals surface area contributed by atoms with Crippen LogP contribution in [0.15, 0.2) is 17.3 Å². The number of ether oxygens (including phenoxy) is 1. The maximum absolute atomic E-state index is 12.6. The molecule has 1 aromatic heterocycles. The number of alkyl halides is 3. The van der Waals surface area contributed by atoms with E-state index in [1.165, 1.54) is 0 Å². The fraction of sp³-hybridized carbons (Fsp3) is 0.688. The molecule has 2 heterocycles. The molecule has 146 valence electrons. The lowest BCUT2D eigenvalue weighted by Gasteiger charge is -2.21. The van der Waals surface area contributed by atoms with Crippen molar-refractivity contribution in [2.45, 2.75) is 19.5 Å². The lowest BCUT2D eigenvalue weighted by molar-refractivity contribution is -0.141. The predicted octanol–water partition coefficient (Wildman–Crippen LogP) is 1.84. The zero-order valence-corrected chi connectivity index (χ0v) is 15.0. The molecule has 0 spiro atoms. The van der Waals surface area contributed by atoms with Gasteiger partial charge in [-0.05, 0) is 19.4 Å². The highest BCUT2D eigenvalue weighted by Gasteiger charge is 2.32. The van der Waals surface area contributed by atoms with Gasteiger partial charge >= 0.3 is 6.18 Å². The van der Waals surface area contributed by atoms with E-state index < -0.39 is 11.9 Å². The Morgan fingerprint density at radius 3 is 2.96 bits per heavy atom. The summed E-state index contributed by atoms with van der Waals surface area (Å²) in [7, 11) is 1.70. The van der Waals surface area contributed by atoms with Crippen molar-refractivity contribution in [3.8, 4) is 0 Å². The van der Waals surface area contributed by atoms with Crippen molar-refractivity contribution in [1.29, 1.82) is 0 Å². The average Bonchev–Trinajstić information content (AvgIpc) is 3.06. The van der Waals surface area contributed by atoms with Crippen molar-refractivity contribution < 1.29 is 17.9 Å². The molecule has 26 heavy (non-hydrogen) atoms. The maximum atomic E-state index is 12.6. The van der Waals surface area contributed by atoms with Gasteiger partial charge < -0.3 is 20.3 Å². The minimum atomic E-state index is -4.48. The summed E-state index contributed by atoms with van der Waals surface area (Å²) in [5.41, 5.74) is -0.965. The highest BCUT2D eigenvalue weighted by atomic mass is 19.4. The molecular weight excluding hydrogens is 349 g/mol. The molecule has 0 aromatic carbocycles. The van der Waals surface area contributed by atoms with Crippen molar-refractivity contribution in [3.05, 3.63) is 18.0 Å². The molecule has 0 saturated carbocycles. The molecule has 1 fully saturated rings. The third-order valence-electron chi connectivity index (χ3n) is 3.93. The Labute approximate surface area is 151 Å². The minimum absolute atomic E-state index is 0.0543. The maximum Gasteiger partial charge on any atom is 0.433 e. The van der Waals surface area contributed by atoms with Crippen molar-refractivity contribution >= 4 is 11.9 Å². The van der Waals surface area contributed by atoms with Crippen LogP contribution in [0.1, 0.15) is 19.0 Å². The van der Waals surface area contributed by atoms with Gasteiger partial charge in [0, 0.05) is 45.4 Å². The topological polar surface area (TPSA) is 74.7 Å². The van der Waals surface area contributed by atoms with E-state index in [0.29, 0.717) is 19.0 Å². The number of guanidine groups is 1. The molecule has 2 N–H and O–H groups in total. The molecule has 0 amide bonds. The first-order valence-corrected chi connectivity index (χ1v) is 8.60. The first-order valence-electron chi connectivity index (χ1n) is 8.60. The molecule has 1 atom stereocenters. The van der Waals surface area contributed by atoms with Crippen molar-refractivity contribution in [2.75, 3.05) is 51.8 Å². The van der Waals surface area contributed by atoms with E-state index in [1.54, 1.807) is 7.11 Å². The van der Waals surface area contributed by atoms with Crippen LogP contribution in [0, 0.1) is 5.92 Å². The van der Waals surface area contributed by atoms with Gasteiger partial charge in [0.1, 0.15) is 5.69 Å². The second-order valence-corrected chi connectivity index (χ2v) is 5.98. The number of methoxy groups -OCH3 is 1. The van der Waals surface area contributed by atoms with Gasteiger partial charge in [-0.3, -0.25) is 4.99 Å². The molecule has 1 aromatic rings. The summed E-state index contributed by atoms with van der Waals surface area (Å²) in [6.07, 6.45) is -2.34. The smallest absolute Gasteiger partial charge is 0.384 e. The van der Waals surface area contributed by atoms with E-state index in [0.717, 1.165) is 50.9 Å². The molecular formula is C16H25F3N6O. The summed E-state index contributed by atoms with van der Waals surface area (Å²) < 4.78 is 43.1. The number of nitrogens with zero attached hydrogens (tertiary/aromatic N) is 4. The highest BCUT2D eigenvalue weighted by Crippen LogP contribution is 2.27. The van der Waals surface area contributed by atoms with Gasteiger partial charge in [-0.2, -0.15) is 13.2 Å². The van der Waals surface area contributed by atoms with E-state index in [1.807, 2.05) is 6.92 Å². The molecule has 0 aliphatic carbocycles. The Morgan fingerprint density at radius 1 is 1.46 bits per heavy atom. The molecule has 2 rings (SSSR count). The zero-order chi connectivity index (χ0) is 19.0. The fourth-order valence-electron chi connectivity index (χ4n) is 2.75. The SMILES string of the molecule is CCNC(=NCCNc1nccc(C(F)(F)F)n1)N1CCC(COC)C1. The van der Waals surface area contributed by atoms with Gasteiger partial charge in [0.05, 0.1) is 13.2 Å². The average molecular weight is 374 g/mol. The monoisotopic (exact) mass is 374 g/mol. The molecule has 0 radical (unpaired) electrons. The van der Waals surface area contributed by atoms with Crippen molar-refractivity contribution in [3.63, 3.8) is 0 Å². The molecule has 0 bridgehead atoms. The Morgan fingerprint density at radius 2 is 2.27 bits per heavy atom. The molecule has 1 aliphatic rings. The first kappa shape index (κ1) is 20.2. The van der Waals surface area contributed by atoms with E-state index in [2.05, 4.69) is 30.5 Å². The quantitative estimate of drug-likeness (QED) is 0.431. The van der Waals surface area contributed by atoms with Crippen molar-refractivity contribution in [2.24, 2.45) is 10.9 Å². The summed E-state index contributed by atoms with van der Waals surface area (Å²) in [5, 5.41) is 6.02. The summed E-state index contributed by atoms with van der Waals surface area (Å²) in [5.74, 6) is 1.24. The lowest BCUT2D eigenvalue weighted by atomic mass is 10.1. The predicted molar refractivity (Wildman–Crippen MR) is 93.1 cm³/mol. The standard InChI is InChI=1S/C16H25F3N6O/c1-3-20-15(25-9-5-12(10-25)11-26-2)23-8-7-22-14-21-6-4-13(24-14)16(17,18)19/h4,6,12H,3,5,7-11H2,1-2H3,(H,20,23)(H,21,22,24). The number of aliphatic imine (C=N–C) groups is 1. The van der Waals surface area contributed by atoms with E-state index >= 15 is 0 Å². The summed E-state index contributed by atoms with van der Waals surface area (Å²) in [6.45, 7) is 5.98. The van der Waals surface area contributed by atoms with Crippen LogP contribution in [0.3, 0.4) is 0 Å². The van der Waals surface area contributed by atoms with Gasteiger partial charge in [0.25, 0.3) is 0 Å². The van der Waals surface area contributed by atoms with Crippen LogP contribution in [0.2, 0.25) is 0 Å². The van der Waals surface area contributed by atoms with Crippen LogP contribution in [0.5, 0.6) is 0 Å². The number of halogens is 3. The Balaban J connectivity index is 1.87. The third-order valence-corrected chi connectivity index (χ3v) is 3.93. The Bertz CT molecular complexity index is 596. The number of anilines is 1. The summed E-state index contributed by atoms with van der Waals surface area (Å²) in [6, 6.07) is 0.844. The molecule has 1 saturated heterocycles. The van der Waals surface area contributed by atoms with Crippen LogP contribution in [-0.4, -0.2) is 67.3 Å². The molecule has 1 aliphatic heterocycles. The van der Waals surface area contributed by atoms with E-state index in [4.69, 9.17) is 4.74 Å². The molecule has 1 unspecified atom stereocenters. The van der Waals surface area contributed by atoms with Gasteiger partial charge in [0.2, 0.25) is 5.95 Å². The second-order valence-electron chi connectivity index (χ2n) is 5.98. The van der Waals surface area contributed by atoms with Gasteiger partial charge in [-0.1, -0.05) is 0 Å². The normalized spacial score (nSPS) is 18.3. The van der Waals surface area contributed by atoms with Crippen LogP contribution in [-0.2, 0) is 10.9 Å². The van der Waals surface area contributed by atoms with Crippen LogP contribution < -0.4 is 10.6 Å². The highest BCUT2D eigenvalue weighted by molar-refractivity contribution is 5.80. The van der Waals surface area contributed by atoms with Crippen LogP contribution in [0.25, 0.3) is 0 Å². The van der Waals surface area contributed by atoms with Gasteiger partial charge in [-0.25, -0.2) is 9.97 Å². The van der Waals surface area contributed by atoms with E-state index in [9.17, 15) is 13.2 Å². The molecule has 10 heteroatoms. The summed E-state index contributed by atoms with van der Waals surface area (Å²) >= 11 is 0. The van der Waals surface area contributed by atoms with Gasteiger partial charge in [0.15, 0.2) is 5.96 Å². The van der Waals surface area contributed by atoms with Crippen LogP contribution >= 0.6 is 0 Å². The largest absolute Gasteiger partial charge is 0.433 e. The Kier molecular flexibility index (Phi) is 7.43. The number of nitrogens with one attached hydrogen (secondary N) is 2. The van der Waals surface area contributed by atoms with Crippen molar-refractivity contribution in [1.82, 2.24) is 20.2 Å². The number of aromatic nitrogens is 2. The van der Waals surface area contributed by atoms with Crippen LogP contribution in [0.4, 0.5) is 19.1 Å². The number of likely N-dealkylation sites (tertiary alicyclic amines) is 1. The lowest BCUT2D eigenvalue weighted by Crippen LogP contribution is -2.40. The summed E-state index contributed by atoms with van der Waals surface area (Å²) in [4.78, 5) is 14.0. The van der Waals surface area contributed by atoms with Gasteiger partial charge in [-0.15, -0.1) is 0 Å². The number of hydrogen-bond acceptors (Lipinski definition) is 5. The number of rotatable bonds is 7. The molecule has 7 nitrogen and oxygen atoms in total. The Hall–Kier alpha value is -2.10. The first-order chi connectivity index (χ1) is 12.4. The number of hydrogen-bond donors (Lipinski definition) is 2. The van der Waals surface area contributed by atoms with E-state index in [-0.39, 0.29) is 5.95 Å². The fourth-order valence-corrected chi connectivity index (χ4v) is 2.75. The zero-order valence-electron chi connectivity index (χ0n) is 15.0. The third kappa shape index (κ3) is 6.01.